The molecule has 114 valence electrons. The molecule has 4 fully saturated rings. The molecule has 1 atom stereocenters. The summed E-state index contributed by atoms with van der Waals surface area (Å²) >= 11 is 0. The lowest BCUT2D eigenvalue weighted by atomic mass is 9.49. The van der Waals surface area contributed by atoms with E-state index in [1.54, 1.807) is 0 Å². The molecular weight excluding hydrogens is 250 g/mol. The van der Waals surface area contributed by atoms with E-state index in [0.717, 1.165) is 24.2 Å². The third-order valence-corrected chi connectivity index (χ3v) is 6.27. The van der Waals surface area contributed by atoms with Gasteiger partial charge in [0.2, 0.25) is 5.91 Å². The Labute approximate surface area is 122 Å². The zero-order valence-corrected chi connectivity index (χ0v) is 13.0. The van der Waals surface area contributed by atoms with Crippen LogP contribution in [0.15, 0.2) is 0 Å². The number of nitrogens with one attached hydrogen (secondary N) is 1. The number of aliphatic hydroxyl groups is 1. The SMILES string of the molecule is CCC(C)(CO)NC(=O)CC12CC3CC(CC(C3)C1)C2. The fraction of sp³-hybridized carbons (Fsp3) is 0.941. The molecule has 0 aromatic carbocycles. The molecule has 4 aliphatic carbocycles. The van der Waals surface area contributed by atoms with Crippen molar-refractivity contribution >= 4 is 5.91 Å². The van der Waals surface area contributed by atoms with Gasteiger partial charge in [-0.25, -0.2) is 0 Å². The van der Waals surface area contributed by atoms with Crippen LogP contribution in [0.3, 0.4) is 0 Å². The van der Waals surface area contributed by atoms with Crippen molar-refractivity contribution in [2.75, 3.05) is 6.61 Å². The largest absolute Gasteiger partial charge is 0.394 e. The minimum Gasteiger partial charge on any atom is -0.394 e. The van der Waals surface area contributed by atoms with Crippen molar-refractivity contribution in [3.8, 4) is 0 Å². The monoisotopic (exact) mass is 279 g/mol. The van der Waals surface area contributed by atoms with Crippen LogP contribution in [0, 0.1) is 23.2 Å². The van der Waals surface area contributed by atoms with Crippen molar-refractivity contribution < 1.29 is 9.90 Å². The second kappa shape index (κ2) is 5.01. The first kappa shape index (κ1) is 14.4. The van der Waals surface area contributed by atoms with Gasteiger partial charge in [-0.3, -0.25) is 4.79 Å². The predicted octanol–water partition coefficient (Wildman–Crippen LogP) is 2.87. The van der Waals surface area contributed by atoms with E-state index in [-0.39, 0.29) is 12.5 Å². The molecule has 4 bridgehead atoms. The summed E-state index contributed by atoms with van der Waals surface area (Å²) < 4.78 is 0. The maximum absolute atomic E-state index is 12.4. The molecule has 3 nitrogen and oxygen atoms in total. The molecule has 1 unspecified atom stereocenters. The molecule has 3 heteroatoms. The Kier molecular flexibility index (Phi) is 3.60. The van der Waals surface area contributed by atoms with Gasteiger partial charge in [0.15, 0.2) is 0 Å². The van der Waals surface area contributed by atoms with E-state index in [9.17, 15) is 9.90 Å². The smallest absolute Gasteiger partial charge is 0.221 e. The Morgan fingerprint density at radius 3 is 2.10 bits per heavy atom. The number of hydrogen-bond acceptors (Lipinski definition) is 2. The molecule has 0 heterocycles. The average Bonchev–Trinajstić information content (AvgIpc) is 2.36. The van der Waals surface area contributed by atoms with Crippen LogP contribution in [0.25, 0.3) is 0 Å². The van der Waals surface area contributed by atoms with Crippen LogP contribution < -0.4 is 5.32 Å². The average molecular weight is 279 g/mol. The summed E-state index contributed by atoms with van der Waals surface area (Å²) in [6, 6.07) is 0. The van der Waals surface area contributed by atoms with Crippen molar-refractivity contribution in [3.05, 3.63) is 0 Å². The van der Waals surface area contributed by atoms with Crippen LogP contribution in [0.1, 0.15) is 65.2 Å². The maximum atomic E-state index is 12.4. The zero-order valence-electron chi connectivity index (χ0n) is 13.0. The highest BCUT2D eigenvalue weighted by atomic mass is 16.3. The number of carbonyl (C=O) groups is 1. The highest BCUT2D eigenvalue weighted by molar-refractivity contribution is 5.77. The first-order valence-corrected chi connectivity index (χ1v) is 8.38. The summed E-state index contributed by atoms with van der Waals surface area (Å²) in [6.07, 6.45) is 9.54. The molecule has 20 heavy (non-hydrogen) atoms. The Bertz CT molecular complexity index is 351. The summed E-state index contributed by atoms with van der Waals surface area (Å²) in [4.78, 5) is 12.4. The molecule has 2 N–H and O–H groups in total. The number of amides is 1. The van der Waals surface area contributed by atoms with Gasteiger partial charge in [0.1, 0.15) is 0 Å². The topological polar surface area (TPSA) is 49.3 Å². The molecule has 0 aromatic heterocycles. The molecule has 0 saturated heterocycles. The number of hydrogen-bond donors (Lipinski definition) is 2. The van der Waals surface area contributed by atoms with Gasteiger partial charge in [-0.2, -0.15) is 0 Å². The van der Waals surface area contributed by atoms with Crippen LogP contribution in [0.2, 0.25) is 0 Å². The van der Waals surface area contributed by atoms with Gasteiger partial charge >= 0.3 is 0 Å². The standard InChI is InChI=1S/C17H29NO2/c1-3-16(2,11-19)18-15(20)10-17-7-12-4-13(8-17)6-14(5-12)9-17/h12-14,19H,3-11H2,1-2H3,(H,18,20). The van der Waals surface area contributed by atoms with Gasteiger partial charge in [0.05, 0.1) is 12.1 Å². The van der Waals surface area contributed by atoms with Crippen molar-refractivity contribution in [1.82, 2.24) is 5.32 Å². The van der Waals surface area contributed by atoms with Crippen LogP contribution in [-0.2, 0) is 4.79 Å². The van der Waals surface area contributed by atoms with E-state index >= 15 is 0 Å². The molecule has 0 radical (unpaired) electrons. The van der Waals surface area contributed by atoms with Gasteiger partial charge in [-0.15, -0.1) is 0 Å². The van der Waals surface area contributed by atoms with E-state index in [0.29, 0.717) is 11.8 Å². The number of aliphatic hydroxyl groups excluding tert-OH is 1. The summed E-state index contributed by atoms with van der Waals surface area (Å²) in [7, 11) is 0. The van der Waals surface area contributed by atoms with Crippen molar-refractivity contribution in [3.63, 3.8) is 0 Å². The molecule has 4 saturated carbocycles. The second-order valence-corrected chi connectivity index (χ2v) is 8.21. The van der Waals surface area contributed by atoms with Gasteiger partial charge in [-0.1, -0.05) is 6.92 Å². The fourth-order valence-corrected chi connectivity index (χ4v) is 5.47. The fourth-order valence-electron chi connectivity index (χ4n) is 5.47. The summed E-state index contributed by atoms with van der Waals surface area (Å²) in [5, 5.41) is 12.5. The van der Waals surface area contributed by atoms with Crippen LogP contribution in [-0.4, -0.2) is 23.2 Å². The summed E-state index contributed by atoms with van der Waals surface area (Å²) in [6.45, 7) is 3.97. The Morgan fingerprint density at radius 1 is 1.20 bits per heavy atom. The predicted molar refractivity (Wildman–Crippen MR) is 79.1 cm³/mol. The quantitative estimate of drug-likeness (QED) is 0.813. The van der Waals surface area contributed by atoms with Gasteiger partial charge in [0, 0.05) is 6.42 Å². The second-order valence-electron chi connectivity index (χ2n) is 8.21. The molecule has 4 aliphatic rings. The number of carbonyl (C=O) groups excluding carboxylic acids is 1. The zero-order chi connectivity index (χ0) is 14.4. The van der Waals surface area contributed by atoms with Crippen molar-refractivity contribution in [2.24, 2.45) is 23.2 Å². The lowest BCUT2D eigenvalue weighted by molar-refractivity contribution is -0.131. The first-order chi connectivity index (χ1) is 9.46. The van der Waals surface area contributed by atoms with Gasteiger partial charge in [0.25, 0.3) is 0 Å². The van der Waals surface area contributed by atoms with E-state index in [1.807, 2.05) is 13.8 Å². The molecular formula is C17H29NO2. The van der Waals surface area contributed by atoms with Crippen molar-refractivity contribution in [2.45, 2.75) is 70.8 Å². The third-order valence-electron chi connectivity index (χ3n) is 6.27. The van der Waals surface area contributed by atoms with Crippen LogP contribution in [0.4, 0.5) is 0 Å². The van der Waals surface area contributed by atoms with Crippen molar-refractivity contribution in [1.29, 1.82) is 0 Å². The van der Waals surface area contributed by atoms with Crippen LogP contribution in [0.5, 0.6) is 0 Å². The minimum atomic E-state index is -0.445. The third kappa shape index (κ3) is 2.61. The molecule has 1 amide bonds. The van der Waals surface area contributed by atoms with Gasteiger partial charge < -0.3 is 10.4 Å². The minimum absolute atomic E-state index is 0.0239. The first-order valence-electron chi connectivity index (χ1n) is 8.38. The van der Waals surface area contributed by atoms with E-state index in [1.165, 1.54) is 38.5 Å². The lowest BCUT2D eigenvalue weighted by Gasteiger charge is -2.56. The maximum Gasteiger partial charge on any atom is 0.221 e. The Hall–Kier alpha value is -0.570. The molecule has 0 aromatic rings. The van der Waals surface area contributed by atoms with E-state index < -0.39 is 5.54 Å². The summed E-state index contributed by atoms with van der Waals surface area (Å²) in [5.74, 6) is 2.84. The number of rotatable bonds is 5. The normalized spacial score (nSPS) is 41.5. The van der Waals surface area contributed by atoms with E-state index in [2.05, 4.69) is 5.32 Å². The Morgan fingerprint density at radius 2 is 1.70 bits per heavy atom. The molecule has 0 aliphatic heterocycles. The highest BCUT2D eigenvalue weighted by Crippen LogP contribution is 2.61. The molecule has 4 rings (SSSR count). The van der Waals surface area contributed by atoms with Crippen LogP contribution >= 0.6 is 0 Å². The lowest BCUT2D eigenvalue weighted by Crippen LogP contribution is -2.52. The van der Waals surface area contributed by atoms with Gasteiger partial charge in [-0.05, 0) is 75.0 Å². The van der Waals surface area contributed by atoms with E-state index in [4.69, 9.17) is 0 Å². The summed E-state index contributed by atoms with van der Waals surface area (Å²) in [5.41, 5.74) is -0.150. The Balaban J connectivity index is 1.64. The highest BCUT2D eigenvalue weighted by Gasteiger charge is 2.51. The molecule has 0 spiro atoms.